The first-order valence-corrected chi connectivity index (χ1v) is 9.04. The molecule has 0 amide bonds. The molecule has 1 aliphatic rings. The van der Waals surface area contributed by atoms with Crippen LogP contribution in [0.15, 0.2) is 56.5 Å². The molecule has 4 N–H and O–H groups in total. The van der Waals surface area contributed by atoms with Gasteiger partial charge in [0.25, 0.3) is 5.56 Å². The summed E-state index contributed by atoms with van der Waals surface area (Å²) in [5, 5.41) is 26.7. The Morgan fingerprint density at radius 3 is 2.79 bits per heavy atom. The minimum Gasteiger partial charge on any atom is -0.394 e. The van der Waals surface area contributed by atoms with Crippen LogP contribution in [-0.4, -0.2) is 45.1 Å². The maximum Gasteiger partial charge on any atom is 0.330 e. The third-order valence-corrected chi connectivity index (χ3v) is 4.47. The van der Waals surface area contributed by atoms with Crippen molar-refractivity contribution in [1.82, 2.24) is 9.55 Å². The molecule has 0 bridgehead atoms. The average molecular weight is 389 g/mol. The molecule has 3 rings (SSSR count). The highest BCUT2D eigenvalue weighted by Crippen LogP contribution is 2.27. The molecule has 1 aromatic carbocycles. The molecule has 150 valence electrons. The quantitative estimate of drug-likeness (QED) is 0.296. The zero-order valence-electron chi connectivity index (χ0n) is 15.2. The van der Waals surface area contributed by atoms with Gasteiger partial charge >= 0.3 is 5.69 Å². The lowest BCUT2D eigenvalue weighted by Gasteiger charge is -2.14. The summed E-state index contributed by atoms with van der Waals surface area (Å²) in [5.41, 5.74) is 2.46. The van der Waals surface area contributed by atoms with Crippen molar-refractivity contribution in [3.8, 4) is 0 Å². The van der Waals surface area contributed by atoms with Crippen molar-refractivity contribution in [2.45, 2.75) is 37.7 Å². The van der Waals surface area contributed by atoms with Crippen LogP contribution in [-0.2, 0) is 11.2 Å². The van der Waals surface area contributed by atoms with Gasteiger partial charge in [-0.1, -0.05) is 35.6 Å². The van der Waals surface area contributed by atoms with Crippen molar-refractivity contribution in [2.24, 2.45) is 10.3 Å². The van der Waals surface area contributed by atoms with Crippen molar-refractivity contribution in [1.29, 1.82) is 0 Å². The Labute approximate surface area is 160 Å². The fourth-order valence-corrected chi connectivity index (χ4v) is 2.97. The van der Waals surface area contributed by atoms with Crippen molar-refractivity contribution in [3.63, 3.8) is 0 Å². The van der Waals surface area contributed by atoms with Crippen LogP contribution in [0.4, 0.5) is 5.69 Å². The highest BCUT2D eigenvalue weighted by Gasteiger charge is 2.35. The number of aromatic nitrogens is 2. The monoisotopic (exact) mass is 389 g/mol. The predicted molar refractivity (Wildman–Crippen MR) is 101 cm³/mol. The molecule has 10 heteroatoms. The van der Waals surface area contributed by atoms with E-state index in [1.54, 1.807) is 0 Å². The number of benzene rings is 1. The summed E-state index contributed by atoms with van der Waals surface area (Å²) in [5.74, 6) is 0. The van der Waals surface area contributed by atoms with E-state index in [1.807, 2.05) is 30.3 Å². The predicted octanol–water partition coefficient (Wildman–Crippen LogP) is 0.589. The largest absolute Gasteiger partial charge is 0.394 e. The Bertz CT molecular complexity index is 911. The maximum absolute atomic E-state index is 12.0. The molecular formula is C18H23N5O5. The average Bonchev–Trinajstić information content (AvgIpc) is 3.07. The number of nitrogens with zero attached hydrogens (tertiary/aromatic N) is 3. The molecule has 0 spiro atoms. The number of aryl methyl sites for hydroxylation is 1. The lowest BCUT2D eigenvalue weighted by molar-refractivity contribution is -0.0458. The molecule has 1 aliphatic heterocycles. The smallest absolute Gasteiger partial charge is 0.330 e. The highest BCUT2D eigenvalue weighted by atomic mass is 16.5. The molecule has 28 heavy (non-hydrogen) atoms. The third kappa shape index (κ3) is 4.91. The number of anilines is 1. The lowest BCUT2D eigenvalue weighted by atomic mass is 10.1. The van der Waals surface area contributed by atoms with Gasteiger partial charge in [-0.25, -0.2) is 4.79 Å². The van der Waals surface area contributed by atoms with E-state index >= 15 is 0 Å². The van der Waals surface area contributed by atoms with E-state index in [4.69, 9.17) is 9.84 Å². The molecule has 1 fully saturated rings. The number of aliphatic hydroxyl groups excluding tert-OH is 2. The van der Waals surface area contributed by atoms with Crippen molar-refractivity contribution in [3.05, 3.63) is 62.9 Å². The standard InChI is InChI=1S/C18H23N5O5/c24-11-15-14(25)9-16(28-15)23-10-13(17(26)20-18(23)27)21-22-19-8-4-7-12-5-2-1-3-6-12/h1-3,5-6,10,14-16,24-25H,4,7-9,11H2,(H,19,21)(H,20,26,27)/t14-,15+,16+/m1/s1. The van der Waals surface area contributed by atoms with E-state index in [1.165, 1.54) is 11.8 Å². The van der Waals surface area contributed by atoms with Crippen LogP contribution in [0, 0.1) is 0 Å². The van der Waals surface area contributed by atoms with Gasteiger partial charge in [0, 0.05) is 12.6 Å². The van der Waals surface area contributed by atoms with Gasteiger partial charge in [-0.05, 0) is 18.4 Å². The molecule has 0 saturated carbocycles. The Kier molecular flexibility index (Phi) is 6.69. The number of hydrogen-bond donors (Lipinski definition) is 4. The van der Waals surface area contributed by atoms with Gasteiger partial charge < -0.3 is 14.9 Å². The summed E-state index contributed by atoms with van der Waals surface area (Å²) in [4.78, 5) is 26.1. The Balaban J connectivity index is 1.58. The molecule has 0 unspecified atom stereocenters. The van der Waals surface area contributed by atoms with Gasteiger partial charge in [-0.3, -0.25) is 19.8 Å². The van der Waals surface area contributed by atoms with Crippen molar-refractivity contribution in [2.75, 3.05) is 18.6 Å². The number of hydrogen-bond acceptors (Lipinski definition) is 7. The van der Waals surface area contributed by atoms with Gasteiger partial charge in [0.15, 0.2) is 0 Å². The number of rotatable bonds is 8. The first-order valence-electron chi connectivity index (χ1n) is 9.04. The summed E-state index contributed by atoms with van der Waals surface area (Å²) in [6.45, 7) is 0.119. The molecule has 2 aromatic rings. The summed E-state index contributed by atoms with van der Waals surface area (Å²) in [6.07, 6.45) is 0.609. The molecule has 3 atom stereocenters. The van der Waals surface area contributed by atoms with Crippen LogP contribution < -0.4 is 16.7 Å². The Morgan fingerprint density at radius 2 is 2.07 bits per heavy atom. The van der Waals surface area contributed by atoms with Crippen molar-refractivity contribution < 1.29 is 14.9 Å². The van der Waals surface area contributed by atoms with Gasteiger partial charge in [0.1, 0.15) is 18.0 Å². The van der Waals surface area contributed by atoms with Crippen LogP contribution in [0.1, 0.15) is 24.6 Å². The van der Waals surface area contributed by atoms with E-state index < -0.39 is 29.7 Å². The summed E-state index contributed by atoms with van der Waals surface area (Å²) in [6, 6.07) is 10.0. The van der Waals surface area contributed by atoms with Gasteiger partial charge in [0.2, 0.25) is 0 Å². The zero-order valence-corrected chi connectivity index (χ0v) is 15.2. The second-order valence-corrected chi connectivity index (χ2v) is 6.49. The van der Waals surface area contributed by atoms with Gasteiger partial charge in [-0.15, -0.1) is 0 Å². The Hall–Kier alpha value is -2.82. The third-order valence-electron chi connectivity index (χ3n) is 4.47. The summed E-state index contributed by atoms with van der Waals surface area (Å²) in [7, 11) is 0. The summed E-state index contributed by atoms with van der Waals surface area (Å²) < 4.78 is 6.59. The van der Waals surface area contributed by atoms with E-state index in [0.717, 1.165) is 17.4 Å². The molecule has 1 aromatic heterocycles. The fourth-order valence-electron chi connectivity index (χ4n) is 2.97. The minimum atomic E-state index is -0.894. The number of nitrogens with one attached hydrogen (secondary N) is 2. The number of aliphatic hydroxyl groups is 2. The van der Waals surface area contributed by atoms with Gasteiger partial charge in [-0.2, -0.15) is 5.11 Å². The highest BCUT2D eigenvalue weighted by molar-refractivity contribution is 5.36. The number of ether oxygens (including phenoxy) is 1. The minimum absolute atomic E-state index is 0.0250. The van der Waals surface area contributed by atoms with Crippen LogP contribution in [0.2, 0.25) is 0 Å². The van der Waals surface area contributed by atoms with E-state index in [2.05, 4.69) is 20.7 Å². The van der Waals surface area contributed by atoms with Crippen LogP contribution >= 0.6 is 0 Å². The molecule has 0 aliphatic carbocycles. The van der Waals surface area contributed by atoms with E-state index in [0.29, 0.717) is 6.54 Å². The SMILES string of the molecule is O=c1[nH]c(=O)n([C@@H]2C[C@@H](O)[C@H](CO)O2)cc1NN=NCCCc1ccccc1. The second-order valence-electron chi connectivity index (χ2n) is 6.49. The first kappa shape index (κ1) is 19.9. The molecule has 10 nitrogen and oxygen atoms in total. The normalized spacial score (nSPS) is 22.0. The number of H-pyrrole nitrogens is 1. The topological polar surface area (TPSA) is 141 Å². The van der Waals surface area contributed by atoms with E-state index in [9.17, 15) is 14.7 Å². The zero-order chi connectivity index (χ0) is 19.9. The molecule has 0 radical (unpaired) electrons. The number of aromatic amines is 1. The van der Waals surface area contributed by atoms with Crippen molar-refractivity contribution >= 4 is 5.69 Å². The Morgan fingerprint density at radius 1 is 1.29 bits per heavy atom. The molecular weight excluding hydrogens is 366 g/mol. The van der Waals surface area contributed by atoms with Crippen LogP contribution in [0.5, 0.6) is 0 Å². The fraction of sp³-hybridized carbons (Fsp3) is 0.444. The first-order chi connectivity index (χ1) is 13.6. The van der Waals surface area contributed by atoms with Crippen LogP contribution in [0.25, 0.3) is 0 Å². The summed E-state index contributed by atoms with van der Waals surface area (Å²) >= 11 is 0. The maximum atomic E-state index is 12.0. The van der Waals surface area contributed by atoms with Gasteiger partial charge in [0.05, 0.1) is 19.3 Å². The molecule has 2 heterocycles. The van der Waals surface area contributed by atoms with E-state index in [-0.39, 0.29) is 18.7 Å². The molecule has 1 saturated heterocycles. The van der Waals surface area contributed by atoms with Crippen LogP contribution in [0.3, 0.4) is 0 Å². The second kappa shape index (κ2) is 9.40. The lowest BCUT2D eigenvalue weighted by Crippen LogP contribution is -2.33.